The maximum atomic E-state index is 11.6. The smallest absolute Gasteiger partial charge is 0.335 e. The zero-order valence-corrected chi connectivity index (χ0v) is 19.7. The van der Waals surface area contributed by atoms with Gasteiger partial charge >= 0.3 is 11.9 Å². The molecule has 35 heavy (non-hydrogen) atoms. The van der Waals surface area contributed by atoms with Gasteiger partial charge in [-0.05, 0) is 67.5 Å². The fraction of sp³-hybridized carbons (Fsp3) is 0.308. The van der Waals surface area contributed by atoms with Gasteiger partial charge in [-0.2, -0.15) is 0 Å². The number of nitrogens with zero attached hydrogens (tertiary/aromatic N) is 2. The van der Waals surface area contributed by atoms with E-state index in [2.05, 4.69) is 15.2 Å². The minimum Gasteiger partial charge on any atom is -0.478 e. The highest BCUT2D eigenvalue weighted by Gasteiger charge is 2.44. The number of furan rings is 1. The van der Waals surface area contributed by atoms with E-state index in [1.165, 1.54) is 18.6 Å². The van der Waals surface area contributed by atoms with E-state index in [1.807, 2.05) is 24.3 Å². The second-order valence-electron chi connectivity index (χ2n) is 8.94. The molecule has 1 aromatic carbocycles. The van der Waals surface area contributed by atoms with Crippen LogP contribution >= 0.6 is 12.2 Å². The highest BCUT2D eigenvalue weighted by Crippen LogP contribution is 2.43. The molecule has 0 radical (unpaired) electrons. The summed E-state index contributed by atoms with van der Waals surface area (Å²) in [6, 6.07) is 13.2. The van der Waals surface area contributed by atoms with Gasteiger partial charge in [0.05, 0.1) is 22.9 Å². The summed E-state index contributed by atoms with van der Waals surface area (Å²) in [6.45, 7) is 0. The van der Waals surface area contributed by atoms with Gasteiger partial charge in [-0.3, -0.25) is 4.98 Å². The number of carboxylic acid groups (broad SMARTS) is 2. The van der Waals surface area contributed by atoms with Crippen molar-refractivity contribution in [3.05, 3.63) is 77.3 Å². The van der Waals surface area contributed by atoms with Crippen LogP contribution in [0.2, 0.25) is 0 Å². The predicted molar refractivity (Wildman–Crippen MR) is 132 cm³/mol. The third-order valence-corrected chi connectivity index (χ3v) is 7.06. The first-order valence-corrected chi connectivity index (χ1v) is 12.0. The molecule has 1 saturated heterocycles. The third kappa shape index (κ3) is 4.51. The topological polar surface area (TPSA) is 116 Å². The first kappa shape index (κ1) is 23.0. The number of nitrogens with one attached hydrogen (secondary N) is 1. The van der Waals surface area contributed by atoms with Crippen LogP contribution in [0.3, 0.4) is 0 Å². The summed E-state index contributed by atoms with van der Waals surface area (Å²) in [4.78, 5) is 29.9. The van der Waals surface area contributed by atoms with Crippen LogP contribution < -0.4 is 5.32 Å². The van der Waals surface area contributed by atoms with Gasteiger partial charge in [0.25, 0.3) is 0 Å². The summed E-state index contributed by atoms with van der Waals surface area (Å²) in [5.74, 6) is -1.35. The van der Waals surface area contributed by atoms with Gasteiger partial charge in [0.2, 0.25) is 0 Å². The Hall–Kier alpha value is -3.72. The van der Waals surface area contributed by atoms with Crippen molar-refractivity contribution in [1.82, 2.24) is 15.2 Å². The van der Waals surface area contributed by atoms with Gasteiger partial charge in [0, 0.05) is 17.8 Å². The van der Waals surface area contributed by atoms with E-state index >= 15 is 0 Å². The van der Waals surface area contributed by atoms with Crippen molar-refractivity contribution in [3.8, 4) is 11.3 Å². The molecule has 3 aromatic rings. The molecule has 0 spiro atoms. The first-order chi connectivity index (χ1) is 16.9. The molecule has 1 saturated carbocycles. The SMILES string of the molecule is O=C(O)c1cc(C(=O)O)cc(-c2ccc([C@H]3[C@H](c4ccccn4)NC(=S)N3C3CCCCC3)o2)c1. The maximum Gasteiger partial charge on any atom is 0.335 e. The van der Waals surface area contributed by atoms with Crippen molar-refractivity contribution in [3.63, 3.8) is 0 Å². The number of carbonyl (C=O) groups is 2. The quantitative estimate of drug-likeness (QED) is 0.408. The number of aromatic carboxylic acids is 2. The van der Waals surface area contributed by atoms with Gasteiger partial charge in [-0.25, -0.2) is 9.59 Å². The summed E-state index contributed by atoms with van der Waals surface area (Å²) in [7, 11) is 0. The van der Waals surface area contributed by atoms with Crippen molar-refractivity contribution in [2.24, 2.45) is 0 Å². The number of rotatable bonds is 6. The summed E-state index contributed by atoms with van der Waals surface area (Å²) >= 11 is 5.78. The molecule has 2 atom stereocenters. The zero-order chi connectivity index (χ0) is 24.5. The molecule has 0 unspecified atom stereocenters. The van der Waals surface area contributed by atoms with E-state index in [-0.39, 0.29) is 29.3 Å². The van der Waals surface area contributed by atoms with Crippen LogP contribution in [-0.4, -0.2) is 43.2 Å². The Labute approximate surface area is 207 Å². The Balaban J connectivity index is 1.56. The van der Waals surface area contributed by atoms with Gasteiger partial charge < -0.3 is 24.8 Å². The lowest BCUT2D eigenvalue weighted by Gasteiger charge is -2.36. The van der Waals surface area contributed by atoms with E-state index in [9.17, 15) is 19.8 Å². The molecule has 0 amide bonds. The number of aromatic nitrogens is 1. The molecule has 2 aliphatic rings. The fourth-order valence-corrected chi connectivity index (χ4v) is 5.50. The Kier molecular flexibility index (Phi) is 6.25. The normalized spacial score (nSPS) is 20.6. The number of pyridine rings is 1. The lowest BCUT2D eigenvalue weighted by Crippen LogP contribution is -2.40. The number of carboxylic acids is 2. The Bertz CT molecular complexity index is 1240. The number of thiocarbonyl (C=S) groups is 1. The van der Waals surface area contributed by atoms with Crippen LogP contribution in [0, 0.1) is 0 Å². The van der Waals surface area contributed by atoms with Gasteiger partial charge in [-0.15, -0.1) is 0 Å². The van der Waals surface area contributed by atoms with E-state index in [0.717, 1.165) is 37.4 Å². The van der Waals surface area contributed by atoms with Crippen LogP contribution in [-0.2, 0) is 0 Å². The summed E-state index contributed by atoms with van der Waals surface area (Å²) in [5, 5.41) is 23.0. The number of hydrogen-bond donors (Lipinski definition) is 3. The Morgan fingerprint density at radius 3 is 2.34 bits per heavy atom. The standard InChI is InChI=1S/C26H25N3O5S/c30-24(31)16-12-15(13-17(14-16)25(32)33)20-9-10-21(34-20)23-22(19-8-4-5-11-27-19)28-26(35)29(23)18-6-2-1-3-7-18/h4-5,8-14,18,22-23H,1-3,6-7H2,(H,28,35)(H,30,31)(H,32,33)/t22-,23-/m0/s1. The molecular weight excluding hydrogens is 466 g/mol. The van der Waals surface area contributed by atoms with Crippen molar-refractivity contribution in [2.75, 3.05) is 0 Å². The number of hydrogen-bond acceptors (Lipinski definition) is 5. The molecular formula is C26H25N3O5S. The van der Waals surface area contributed by atoms with Gasteiger partial charge in [-0.1, -0.05) is 25.3 Å². The van der Waals surface area contributed by atoms with E-state index in [0.29, 0.717) is 22.2 Å². The molecule has 0 bridgehead atoms. The van der Waals surface area contributed by atoms with Crippen LogP contribution in [0.1, 0.15) is 76.4 Å². The molecule has 2 fully saturated rings. The van der Waals surface area contributed by atoms with Crippen LogP contribution in [0.4, 0.5) is 0 Å². The van der Waals surface area contributed by atoms with Gasteiger partial charge in [0.1, 0.15) is 17.6 Å². The molecule has 8 nitrogen and oxygen atoms in total. The third-order valence-electron chi connectivity index (χ3n) is 6.73. The molecule has 3 heterocycles. The van der Waals surface area contributed by atoms with Crippen molar-refractivity contribution < 1.29 is 24.2 Å². The minimum absolute atomic E-state index is 0.114. The number of benzene rings is 1. The molecule has 1 aliphatic heterocycles. The van der Waals surface area contributed by atoms with E-state index in [4.69, 9.17) is 16.6 Å². The van der Waals surface area contributed by atoms with Gasteiger partial charge in [0.15, 0.2) is 5.11 Å². The van der Waals surface area contributed by atoms with Crippen LogP contribution in [0.5, 0.6) is 0 Å². The van der Waals surface area contributed by atoms with Crippen molar-refractivity contribution in [1.29, 1.82) is 0 Å². The molecule has 180 valence electrons. The fourth-order valence-electron chi connectivity index (χ4n) is 5.11. The lowest BCUT2D eigenvalue weighted by atomic mass is 9.92. The summed E-state index contributed by atoms with van der Waals surface area (Å²) < 4.78 is 6.29. The Morgan fingerprint density at radius 2 is 1.71 bits per heavy atom. The monoisotopic (exact) mass is 491 g/mol. The largest absolute Gasteiger partial charge is 0.478 e. The molecule has 3 N–H and O–H groups in total. The lowest BCUT2D eigenvalue weighted by molar-refractivity contribution is 0.0696. The minimum atomic E-state index is -1.20. The second-order valence-corrected chi connectivity index (χ2v) is 9.32. The van der Waals surface area contributed by atoms with Crippen molar-refractivity contribution in [2.45, 2.75) is 50.2 Å². The van der Waals surface area contributed by atoms with E-state index < -0.39 is 11.9 Å². The Morgan fingerprint density at radius 1 is 1.00 bits per heavy atom. The maximum absolute atomic E-state index is 11.6. The first-order valence-electron chi connectivity index (χ1n) is 11.6. The van der Waals surface area contributed by atoms with Crippen molar-refractivity contribution >= 4 is 29.3 Å². The second kappa shape index (κ2) is 9.50. The van der Waals surface area contributed by atoms with E-state index in [1.54, 1.807) is 12.3 Å². The molecule has 1 aliphatic carbocycles. The molecule has 5 rings (SSSR count). The zero-order valence-electron chi connectivity index (χ0n) is 18.9. The summed E-state index contributed by atoms with van der Waals surface area (Å²) in [5.41, 5.74) is 1.01. The molecule has 2 aromatic heterocycles. The van der Waals surface area contributed by atoms with Crippen LogP contribution in [0.15, 0.2) is 59.1 Å². The predicted octanol–water partition coefficient (Wildman–Crippen LogP) is 5.04. The summed E-state index contributed by atoms with van der Waals surface area (Å²) in [6.07, 6.45) is 7.35. The van der Waals surface area contributed by atoms with Crippen LogP contribution in [0.25, 0.3) is 11.3 Å². The highest BCUT2D eigenvalue weighted by atomic mass is 32.1. The molecule has 9 heteroatoms. The highest BCUT2D eigenvalue weighted by molar-refractivity contribution is 7.80. The average molecular weight is 492 g/mol. The average Bonchev–Trinajstić information content (AvgIpc) is 3.49.